The lowest BCUT2D eigenvalue weighted by molar-refractivity contribution is 0.555. The van der Waals surface area contributed by atoms with Crippen molar-refractivity contribution in [2.24, 2.45) is 5.92 Å². The molecule has 0 fully saturated rings. The van der Waals surface area contributed by atoms with E-state index in [4.69, 9.17) is 11.6 Å². The van der Waals surface area contributed by atoms with Crippen molar-refractivity contribution in [2.45, 2.75) is 12.8 Å². The third kappa shape index (κ3) is 6.43. The number of rotatable bonds is 6. The molecule has 1 atom stereocenters. The number of halogens is 2. The molecule has 0 heterocycles. The minimum Gasteiger partial charge on any atom is -0.229 e. The Kier molecular flexibility index (Phi) is 5.97. The Balaban J connectivity index is 2.55. The van der Waals surface area contributed by atoms with E-state index in [1.54, 1.807) is 0 Å². The van der Waals surface area contributed by atoms with E-state index in [9.17, 15) is 8.42 Å². The molecular formula is C12H16BrClO2S. The van der Waals surface area contributed by atoms with Gasteiger partial charge >= 0.3 is 0 Å². The summed E-state index contributed by atoms with van der Waals surface area (Å²) >= 11 is 9.25. The lowest BCUT2D eigenvalue weighted by Crippen LogP contribution is -2.13. The van der Waals surface area contributed by atoms with Crippen LogP contribution in [0, 0.1) is 5.92 Å². The van der Waals surface area contributed by atoms with Gasteiger partial charge in [0.05, 0.1) is 5.75 Å². The Morgan fingerprint density at radius 1 is 1.29 bits per heavy atom. The molecule has 0 aliphatic rings. The summed E-state index contributed by atoms with van der Waals surface area (Å²) in [6, 6.07) is 7.69. The minimum atomic E-state index is -2.87. The minimum absolute atomic E-state index is 0.247. The molecule has 96 valence electrons. The van der Waals surface area contributed by atoms with Gasteiger partial charge in [0.15, 0.2) is 0 Å². The number of alkyl halides is 1. The van der Waals surface area contributed by atoms with Gasteiger partial charge in [-0.15, -0.1) is 0 Å². The van der Waals surface area contributed by atoms with Crippen LogP contribution in [-0.2, 0) is 16.3 Å². The highest BCUT2D eigenvalue weighted by Crippen LogP contribution is 2.17. The van der Waals surface area contributed by atoms with Crippen LogP contribution in [0.15, 0.2) is 24.3 Å². The van der Waals surface area contributed by atoms with Crippen LogP contribution in [0.1, 0.15) is 12.0 Å². The lowest BCUT2D eigenvalue weighted by atomic mass is 9.99. The zero-order valence-corrected chi connectivity index (χ0v) is 12.9. The predicted octanol–water partition coefficient (Wildman–Crippen LogP) is 3.33. The van der Waals surface area contributed by atoms with Crippen molar-refractivity contribution >= 4 is 37.4 Å². The molecule has 0 saturated heterocycles. The van der Waals surface area contributed by atoms with Crippen molar-refractivity contribution in [3.05, 3.63) is 34.9 Å². The maximum Gasteiger partial charge on any atom is 0.147 e. The van der Waals surface area contributed by atoms with Gasteiger partial charge in [0.1, 0.15) is 9.84 Å². The maximum absolute atomic E-state index is 11.1. The van der Waals surface area contributed by atoms with E-state index in [0.717, 1.165) is 16.8 Å². The standard InChI is InChI=1S/C12H16BrClO2S/c1-17(15,16)7-6-11(9-13)8-10-2-4-12(14)5-3-10/h2-5,11H,6-9H2,1H3. The zero-order chi connectivity index (χ0) is 12.9. The summed E-state index contributed by atoms with van der Waals surface area (Å²) in [7, 11) is -2.87. The van der Waals surface area contributed by atoms with Gasteiger partial charge in [-0.2, -0.15) is 0 Å². The second kappa shape index (κ2) is 6.76. The van der Waals surface area contributed by atoms with Gasteiger partial charge in [0, 0.05) is 16.6 Å². The molecule has 0 saturated carbocycles. The monoisotopic (exact) mass is 338 g/mol. The van der Waals surface area contributed by atoms with Crippen molar-refractivity contribution in [3.8, 4) is 0 Å². The highest BCUT2D eigenvalue weighted by molar-refractivity contribution is 9.09. The summed E-state index contributed by atoms with van der Waals surface area (Å²) in [5.74, 6) is 0.586. The fraction of sp³-hybridized carbons (Fsp3) is 0.500. The highest BCUT2D eigenvalue weighted by atomic mass is 79.9. The Bertz CT molecular complexity index is 442. The molecule has 0 radical (unpaired) electrons. The van der Waals surface area contributed by atoms with E-state index in [2.05, 4.69) is 15.9 Å². The molecule has 1 aromatic rings. The molecule has 0 aliphatic carbocycles. The first-order valence-electron chi connectivity index (χ1n) is 5.39. The lowest BCUT2D eigenvalue weighted by Gasteiger charge is -2.13. The molecular weight excluding hydrogens is 324 g/mol. The van der Waals surface area contributed by atoms with E-state index in [1.807, 2.05) is 24.3 Å². The molecule has 1 rings (SSSR count). The second-order valence-corrected chi connectivity index (χ2v) is 7.61. The molecule has 0 aromatic heterocycles. The van der Waals surface area contributed by atoms with E-state index in [0.29, 0.717) is 12.3 Å². The van der Waals surface area contributed by atoms with Crippen LogP contribution in [0.5, 0.6) is 0 Å². The number of benzene rings is 1. The zero-order valence-electron chi connectivity index (χ0n) is 9.70. The summed E-state index contributed by atoms with van der Waals surface area (Å²) in [5.41, 5.74) is 1.19. The Hall–Kier alpha value is -0.0600. The van der Waals surface area contributed by atoms with Gasteiger partial charge in [0.25, 0.3) is 0 Å². The van der Waals surface area contributed by atoms with Crippen LogP contribution >= 0.6 is 27.5 Å². The number of sulfone groups is 1. The second-order valence-electron chi connectivity index (χ2n) is 4.27. The van der Waals surface area contributed by atoms with Gasteiger partial charge in [-0.05, 0) is 36.5 Å². The van der Waals surface area contributed by atoms with Crippen LogP contribution in [0.25, 0.3) is 0 Å². The van der Waals surface area contributed by atoms with Gasteiger partial charge in [0.2, 0.25) is 0 Å². The fourth-order valence-electron chi connectivity index (χ4n) is 1.57. The molecule has 0 bridgehead atoms. The van der Waals surface area contributed by atoms with Gasteiger partial charge in [-0.3, -0.25) is 0 Å². The highest BCUT2D eigenvalue weighted by Gasteiger charge is 2.12. The Morgan fingerprint density at radius 3 is 2.35 bits per heavy atom. The number of hydrogen-bond acceptors (Lipinski definition) is 2. The normalized spacial score (nSPS) is 13.6. The largest absolute Gasteiger partial charge is 0.229 e. The van der Waals surface area contributed by atoms with Crippen molar-refractivity contribution in [3.63, 3.8) is 0 Å². The summed E-state index contributed by atoms with van der Waals surface area (Å²) < 4.78 is 22.2. The topological polar surface area (TPSA) is 34.1 Å². The molecule has 0 amide bonds. The van der Waals surface area contributed by atoms with Crippen LogP contribution in [-0.4, -0.2) is 25.8 Å². The summed E-state index contributed by atoms with van der Waals surface area (Å²) in [4.78, 5) is 0. The Labute approximate surface area is 116 Å². The van der Waals surface area contributed by atoms with Crippen LogP contribution in [0.3, 0.4) is 0 Å². The van der Waals surface area contributed by atoms with Gasteiger partial charge in [-0.25, -0.2) is 8.42 Å². The molecule has 0 N–H and O–H groups in total. The van der Waals surface area contributed by atoms with Crippen molar-refractivity contribution in [1.29, 1.82) is 0 Å². The first kappa shape index (κ1) is 15.0. The van der Waals surface area contributed by atoms with E-state index >= 15 is 0 Å². The quantitative estimate of drug-likeness (QED) is 0.745. The van der Waals surface area contributed by atoms with Crippen molar-refractivity contribution < 1.29 is 8.42 Å². The van der Waals surface area contributed by atoms with Crippen molar-refractivity contribution in [1.82, 2.24) is 0 Å². The van der Waals surface area contributed by atoms with E-state index < -0.39 is 9.84 Å². The molecule has 1 aromatic carbocycles. The molecule has 1 unspecified atom stereocenters. The summed E-state index contributed by atoms with van der Waals surface area (Å²) in [6.07, 6.45) is 2.84. The van der Waals surface area contributed by atoms with E-state index in [1.165, 1.54) is 11.8 Å². The fourth-order valence-corrected chi connectivity index (χ4v) is 3.01. The third-order valence-corrected chi connectivity index (χ3v) is 4.70. The Morgan fingerprint density at radius 2 is 1.88 bits per heavy atom. The van der Waals surface area contributed by atoms with Crippen LogP contribution < -0.4 is 0 Å². The summed E-state index contributed by atoms with van der Waals surface area (Å²) in [5, 5.41) is 1.53. The molecule has 5 heteroatoms. The van der Waals surface area contributed by atoms with Crippen molar-refractivity contribution in [2.75, 3.05) is 17.3 Å². The van der Waals surface area contributed by atoms with Crippen LogP contribution in [0.4, 0.5) is 0 Å². The predicted molar refractivity (Wildman–Crippen MR) is 76.8 cm³/mol. The summed E-state index contributed by atoms with van der Waals surface area (Å²) in [6.45, 7) is 0. The van der Waals surface area contributed by atoms with Crippen LogP contribution in [0.2, 0.25) is 5.02 Å². The molecule has 17 heavy (non-hydrogen) atoms. The molecule has 0 spiro atoms. The van der Waals surface area contributed by atoms with Gasteiger partial charge in [-0.1, -0.05) is 39.7 Å². The maximum atomic E-state index is 11.1. The number of hydrogen-bond donors (Lipinski definition) is 0. The third-order valence-electron chi connectivity index (χ3n) is 2.55. The molecule has 0 aliphatic heterocycles. The first-order valence-corrected chi connectivity index (χ1v) is 8.95. The average molecular weight is 340 g/mol. The SMILES string of the molecule is CS(=O)(=O)CCC(CBr)Cc1ccc(Cl)cc1. The molecule has 2 nitrogen and oxygen atoms in total. The van der Waals surface area contributed by atoms with Gasteiger partial charge < -0.3 is 0 Å². The smallest absolute Gasteiger partial charge is 0.147 e. The average Bonchev–Trinajstić information content (AvgIpc) is 2.25. The van der Waals surface area contributed by atoms with E-state index in [-0.39, 0.29) is 5.75 Å². The first-order chi connectivity index (χ1) is 7.90.